The molecule has 1 aliphatic heterocycles. The lowest BCUT2D eigenvalue weighted by molar-refractivity contribution is 0.101. The topological polar surface area (TPSA) is 45.2 Å². The van der Waals surface area contributed by atoms with E-state index in [2.05, 4.69) is 21.3 Å². The Morgan fingerprint density at radius 3 is 2.71 bits per heavy atom. The van der Waals surface area contributed by atoms with Crippen molar-refractivity contribution in [1.29, 1.82) is 0 Å². The predicted molar refractivity (Wildman–Crippen MR) is 100 cm³/mol. The average molecular weight is 339 g/mol. The number of Topliss-reactive ketones (excluding diaryl/α,β-unsaturated/α-hetero) is 1. The lowest BCUT2D eigenvalue weighted by Gasteiger charge is -2.37. The molecule has 5 heteroatoms. The molecule has 0 amide bonds. The number of piperidine rings is 1. The van der Waals surface area contributed by atoms with Gasteiger partial charge in [-0.15, -0.1) is 0 Å². The summed E-state index contributed by atoms with van der Waals surface area (Å²) in [5.41, 5.74) is 2.81. The predicted octanol–water partition coefficient (Wildman–Crippen LogP) is 4.21. The van der Waals surface area contributed by atoms with E-state index in [1.807, 2.05) is 36.5 Å². The van der Waals surface area contributed by atoms with E-state index >= 15 is 0 Å². The highest BCUT2D eigenvalue weighted by Crippen LogP contribution is 2.31. The second kappa shape index (κ2) is 7.53. The molecular weight excluding hydrogens is 318 g/mol. The Labute approximate surface area is 147 Å². The average Bonchev–Trinajstić information content (AvgIpc) is 2.63. The van der Waals surface area contributed by atoms with Gasteiger partial charge in [-0.2, -0.15) is 0 Å². The van der Waals surface area contributed by atoms with E-state index in [0.29, 0.717) is 5.56 Å². The number of aromatic nitrogens is 1. The van der Waals surface area contributed by atoms with E-state index in [-0.39, 0.29) is 11.8 Å². The van der Waals surface area contributed by atoms with Crippen molar-refractivity contribution in [2.24, 2.45) is 0 Å². The first kappa shape index (κ1) is 16.6. The van der Waals surface area contributed by atoms with Gasteiger partial charge in [0.05, 0.1) is 6.04 Å². The molecule has 1 aromatic heterocycles. The Bertz CT molecular complexity index is 715. The molecule has 124 valence electrons. The van der Waals surface area contributed by atoms with Crippen molar-refractivity contribution >= 4 is 28.8 Å². The van der Waals surface area contributed by atoms with Gasteiger partial charge in [0, 0.05) is 30.2 Å². The Balaban J connectivity index is 1.73. The maximum atomic E-state index is 11.4. The van der Waals surface area contributed by atoms with Gasteiger partial charge in [-0.3, -0.25) is 9.78 Å². The lowest BCUT2D eigenvalue weighted by atomic mass is 9.97. The van der Waals surface area contributed by atoms with E-state index in [4.69, 9.17) is 12.2 Å². The summed E-state index contributed by atoms with van der Waals surface area (Å²) < 4.78 is 0. The summed E-state index contributed by atoms with van der Waals surface area (Å²) in [5.74, 6) is 0.0665. The van der Waals surface area contributed by atoms with Crippen molar-refractivity contribution in [2.75, 3.05) is 11.9 Å². The van der Waals surface area contributed by atoms with Gasteiger partial charge in [-0.25, -0.2) is 0 Å². The first-order valence-corrected chi connectivity index (χ1v) is 8.64. The molecule has 1 fully saturated rings. The number of thiocarbonyl (C=S) groups is 1. The van der Waals surface area contributed by atoms with Gasteiger partial charge in [0.1, 0.15) is 0 Å². The first-order valence-electron chi connectivity index (χ1n) is 8.23. The summed E-state index contributed by atoms with van der Waals surface area (Å²) in [7, 11) is 0. The van der Waals surface area contributed by atoms with Crippen LogP contribution in [0.25, 0.3) is 0 Å². The van der Waals surface area contributed by atoms with Crippen molar-refractivity contribution < 1.29 is 4.79 Å². The molecular formula is C19H21N3OS. The van der Waals surface area contributed by atoms with Crippen molar-refractivity contribution in [2.45, 2.75) is 32.2 Å². The summed E-state index contributed by atoms with van der Waals surface area (Å²) in [6, 6.07) is 11.8. The van der Waals surface area contributed by atoms with E-state index in [0.717, 1.165) is 30.2 Å². The maximum Gasteiger partial charge on any atom is 0.173 e. The molecule has 0 aliphatic carbocycles. The summed E-state index contributed by atoms with van der Waals surface area (Å²) in [6.07, 6.45) is 7.14. The van der Waals surface area contributed by atoms with Crippen LogP contribution in [0.5, 0.6) is 0 Å². The summed E-state index contributed by atoms with van der Waals surface area (Å²) in [4.78, 5) is 17.9. The number of benzene rings is 1. The molecule has 2 aromatic rings. The standard InChI is InChI=1S/C19H21N3OS/c1-14(23)15-7-9-17(10-8-15)21-19(24)22-12-3-2-6-18(22)16-5-4-11-20-13-16/h4-5,7-11,13,18H,2-3,6,12H2,1H3,(H,21,24). The van der Waals surface area contributed by atoms with Crippen molar-refractivity contribution in [1.82, 2.24) is 9.88 Å². The Hall–Kier alpha value is -2.27. The van der Waals surface area contributed by atoms with Gasteiger partial charge in [0.2, 0.25) is 0 Å². The molecule has 1 saturated heterocycles. The normalized spacial score (nSPS) is 17.4. The number of nitrogens with one attached hydrogen (secondary N) is 1. The molecule has 1 atom stereocenters. The van der Waals surface area contributed by atoms with Gasteiger partial charge < -0.3 is 10.2 Å². The summed E-state index contributed by atoms with van der Waals surface area (Å²) in [6.45, 7) is 2.51. The fourth-order valence-electron chi connectivity index (χ4n) is 3.08. The molecule has 1 aliphatic rings. The fraction of sp³-hybridized carbons (Fsp3) is 0.316. The van der Waals surface area contributed by atoms with Crippen LogP contribution in [-0.4, -0.2) is 27.3 Å². The minimum atomic E-state index is 0.0665. The van der Waals surface area contributed by atoms with Crippen LogP contribution < -0.4 is 5.32 Å². The third-order valence-electron chi connectivity index (χ3n) is 4.38. The first-order chi connectivity index (χ1) is 11.6. The molecule has 0 radical (unpaired) electrons. The van der Waals surface area contributed by atoms with Crippen LogP contribution >= 0.6 is 12.2 Å². The third kappa shape index (κ3) is 3.79. The van der Waals surface area contributed by atoms with Crippen molar-refractivity contribution in [3.63, 3.8) is 0 Å². The molecule has 24 heavy (non-hydrogen) atoms. The second-order valence-electron chi connectivity index (χ2n) is 6.06. The van der Waals surface area contributed by atoms with Crippen LogP contribution in [0.3, 0.4) is 0 Å². The van der Waals surface area contributed by atoms with Crippen LogP contribution in [0, 0.1) is 0 Å². The van der Waals surface area contributed by atoms with Gasteiger partial charge in [-0.05, 0) is 74.3 Å². The zero-order valence-electron chi connectivity index (χ0n) is 13.7. The molecule has 0 bridgehead atoms. The molecule has 1 N–H and O–H groups in total. The van der Waals surface area contributed by atoms with E-state index in [1.165, 1.54) is 12.0 Å². The molecule has 1 unspecified atom stereocenters. The quantitative estimate of drug-likeness (QED) is 0.670. The van der Waals surface area contributed by atoms with E-state index < -0.39 is 0 Å². The minimum absolute atomic E-state index is 0.0665. The number of ketones is 1. The van der Waals surface area contributed by atoms with Crippen LogP contribution in [0.4, 0.5) is 5.69 Å². The number of anilines is 1. The molecule has 2 heterocycles. The van der Waals surface area contributed by atoms with Gasteiger partial charge in [0.15, 0.2) is 10.9 Å². The number of carbonyl (C=O) groups excluding carboxylic acids is 1. The Kier molecular flexibility index (Phi) is 5.20. The van der Waals surface area contributed by atoms with E-state index in [1.54, 1.807) is 13.1 Å². The molecule has 4 nitrogen and oxygen atoms in total. The fourth-order valence-corrected chi connectivity index (χ4v) is 3.41. The smallest absolute Gasteiger partial charge is 0.173 e. The number of pyridine rings is 1. The SMILES string of the molecule is CC(=O)c1ccc(NC(=S)N2CCCCC2c2cccnc2)cc1. The number of rotatable bonds is 3. The van der Waals surface area contributed by atoms with Crippen LogP contribution in [-0.2, 0) is 0 Å². The summed E-state index contributed by atoms with van der Waals surface area (Å²) in [5, 5.41) is 4.02. The van der Waals surface area contributed by atoms with E-state index in [9.17, 15) is 4.79 Å². The summed E-state index contributed by atoms with van der Waals surface area (Å²) >= 11 is 5.64. The van der Waals surface area contributed by atoms with Crippen LogP contribution in [0.1, 0.15) is 48.1 Å². The number of hydrogen-bond donors (Lipinski definition) is 1. The van der Waals surface area contributed by atoms with Gasteiger partial charge >= 0.3 is 0 Å². The van der Waals surface area contributed by atoms with Crippen LogP contribution in [0.15, 0.2) is 48.8 Å². The molecule has 1 aromatic carbocycles. The maximum absolute atomic E-state index is 11.4. The highest BCUT2D eigenvalue weighted by atomic mass is 32.1. The second-order valence-corrected chi connectivity index (χ2v) is 6.44. The van der Waals surface area contributed by atoms with Gasteiger partial charge in [0.25, 0.3) is 0 Å². The van der Waals surface area contributed by atoms with Crippen molar-refractivity contribution in [3.8, 4) is 0 Å². The highest BCUT2D eigenvalue weighted by molar-refractivity contribution is 7.80. The molecule has 0 spiro atoms. The van der Waals surface area contributed by atoms with Crippen LogP contribution in [0.2, 0.25) is 0 Å². The highest BCUT2D eigenvalue weighted by Gasteiger charge is 2.26. The monoisotopic (exact) mass is 339 g/mol. The number of hydrogen-bond acceptors (Lipinski definition) is 3. The number of likely N-dealkylation sites (tertiary alicyclic amines) is 1. The zero-order chi connectivity index (χ0) is 16.9. The molecule has 3 rings (SSSR count). The Morgan fingerprint density at radius 1 is 1.25 bits per heavy atom. The Morgan fingerprint density at radius 2 is 2.04 bits per heavy atom. The number of nitrogens with zero attached hydrogens (tertiary/aromatic N) is 2. The number of carbonyl (C=O) groups is 1. The minimum Gasteiger partial charge on any atom is -0.342 e. The lowest BCUT2D eigenvalue weighted by Crippen LogP contribution is -2.41. The largest absolute Gasteiger partial charge is 0.342 e. The zero-order valence-corrected chi connectivity index (χ0v) is 14.6. The third-order valence-corrected chi connectivity index (χ3v) is 4.71. The van der Waals surface area contributed by atoms with Gasteiger partial charge in [-0.1, -0.05) is 6.07 Å². The van der Waals surface area contributed by atoms with Crippen molar-refractivity contribution in [3.05, 3.63) is 59.9 Å². The molecule has 0 saturated carbocycles.